The number of ether oxygens (including phenoxy) is 1. The van der Waals surface area contributed by atoms with Crippen molar-refractivity contribution in [2.24, 2.45) is 0 Å². The Labute approximate surface area is 119 Å². The van der Waals surface area contributed by atoms with Crippen LogP contribution in [0.4, 0.5) is 0 Å². The van der Waals surface area contributed by atoms with E-state index in [1.54, 1.807) is 0 Å². The van der Waals surface area contributed by atoms with Crippen molar-refractivity contribution in [3.05, 3.63) is 30.1 Å². The Hall–Kier alpha value is -1.84. The summed E-state index contributed by atoms with van der Waals surface area (Å²) in [5.41, 5.74) is 1.76. The molecule has 4 nitrogen and oxygen atoms in total. The van der Waals surface area contributed by atoms with Crippen LogP contribution in [0.15, 0.2) is 24.3 Å². The van der Waals surface area contributed by atoms with Gasteiger partial charge in [0.25, 0.3) is 0 Å². The SMILES string of the molecule is CCC(C(=O)OC)n1c(C(C)(C)C)nc2ccccc21. The number of nitrogens with zero attached hydrogens (tertiary/aromatic N) is 2. The molecule has 0 saturated heterocycles. The molecule has 0 saturated carbocycles. The molecule has 4 heteroatoms. The van der Waals surface area contributed by atoms with E-state index in [1.807, 2.05) is 35.8 Å². The van der Waals surface area contributed by atoms with Gasteiger partial charge < -0.3 is 9.30 Å². The zero-order valence-corrected chi connectivity index (χ0v) is 12.8. The minimum absolute atomic E-state index is 0.138. The molecule has 1 aromatic heterocycles. The van der Waals surface area contributed by atoms with Crippen molar-refractivity contribution in [2.75, 3.05) is 7.11 Å². The average molecular weight is 274 g/mol. The highest BCUT2D eigenvalue weighted by Crippen LogP contribution is 2.31. The lowest BCUT2D eigenvalue weighted by Gasteiger charge is -2.24. The Balaban J connectivity index is 2.74. The zero-order chi connectivity index (χ0) is 14.9. The van der Waals surface area contributed by atoms with Gasteiger partial charge >= 0.3 is 5.97 Å². The topological polar surface area (TPSA) is 44.1 Å². The number of imidazole rings is 1. The second-order valence-corrected chi connectivity index (χ2v) is 5.99. The minimum atomic E-state index is -0.332. The first-order chi connectivity index (χ1) is 9.40. The van der Waals surface area contributed by atoms with E-state index in [9.17, 15) is 4.79 Å². The quantitative estimate of drug-likeness (QED) is 0.805. The molecule has 1 atom stereocenters. The maximum atomic E-state index is 12.1. The van der Waals surface area contributed by atoms with E-state index in [0.29, 0.717) is 6.42 Å². The second-order valence-electron chi connectivity index (χ2n) is 5.99. The van der Waals surface area contributed by atoms with Gasteiger partial charge in [0, 0.05) is 5.41 Å². The standard InChI is InChI=1S/C16H22N2O2/c1-6-12(14(19)20-5)18-13-10-8-7-9-11(13)17-15(18)16(2,3)4/h7-10,12H,6H2,1-5H3. The number of rotatable bonds is 3. The summed E-state index contributed by atoms with van der Waals surface area (Å²) in [5, 5.41) is 0. The molecule has 20 heavy (non-hydrogen) atoms. The van der Waals surface area contributed by atoms with Gasteiger partial charge in [0.2, 0.25) is 0 Å². The van der Waals surface area contributed by atoms with Crippen LogP contribution in [-0.2, 0) is 14.9 Å². The summed E-state index contributed by atoms with van der Waals surface area (Å²) in [6.45, 7) is 8.31. The van der Waals surface area contributed by atoms with E-state index in [-0.39, 0.29) is 17.4 Å². The summed E-state index contributed by atoms with van der Waals surface area (Å²) >= 11 is 0. The number of hydrogen-bond donors (Lipinski definition) is 0. The van der Waals surface area contributed by atoms with Gasteiger partial charge in [-0.3, -0.25) is 0 Å². The monoisotopic (exact) mass is 274 g/mol. The molecule has 1 aromatic carbocycles. The number of methoxy groups -OCH3 is 1. The summed E-state index contributed by atoms with van der Waals surface area (Å²) < 4.78 is 6.99. The third kappa shape index (κ3) is 2.42. The molecule has 1 heterocycles. The fourth-order valence-electron chi connectivity index (χ4n) is 2.48. The molecule has 0 aliphatic heterocycles. The second kappa shape index (κ2) is 5.27. The van der Waals surface area contributed by atoms with Crippen LogP contribution in [0.5, 0.6) is 0 Å². The van der Waals surface area contributed by atoms with Gasteiger partial charge in [0.05, 0.1) is 18.1 Å². The average Bonchev–Trinajstić information content (AvgIpc) is 2.79. The maximum Gasteiger partial charge on any atom is 0.328 e. The number of esters is 1. The van der Waals surface area contributed by atoms with Crippen molar-refractivity contribution in [1.29, 1.82) is 0 Å². The Morgan fingerprint density at radius 1 is 1.35 bits per heavy atom. The van der Waals surface area contributed by atoms with E-state index in [4.69, 9.17) is 9.72 Å². The minimum Gasteiger partial charge on any atom is -0.467 e. The van der Waals surface area contributed by atoms with Crippen molar-refractivity contribution >= 4 is 17.0 Å². The summed E-state index contributed by atoms with van der Waals surface area (Å²) in [5.74, 6) is 0.692. The molecule has 0 bridgehead atoms. The maximum absolute atomic E-state index is 12.1. The summed E-state index contributed by atoms with van der Waals surface area (Å²) in [6.07, 6.45) is 0.677. The van der Waals surface area contributed by atoms with Gasteiger partial charge in [-0.15, -0.1) is 0 Å². The Morgan fingerprint density at radius 2 is 2.00 bits per heavy atom. The van der Waals surface area contributed by atoms with Gasteiger partial charge in [0.15, 0.2) is 0 Å². The fourth-order valence-corrected chi connectivity index (χ4v) is 2.48. The number of aromatic nitrogens is 2. The van der Waals surface area contributed by atoms with Crippen molar-refractivity contribution < 1.29 is 9.53 Å². The molecule has 0 fully saturated rings. The molecule has 2 rings (SSSR count). The van der Waals surface area contributed by atoms with Crippen molar-refractivity contribution in [3.63, 3.8) is 0 Å². The van der Waals surface area contributed by atoms with Crippen LogP contribution in [0.3, 0.4) is 0 Å². The predicted octanol–water partition coefficient (Wildman–Crippen LogP) is 3.46. The molecular weight excluding hydrogens is 252 g/mol. The molecule has 0 amide bonds. The number of fused-ring (bicyclic) bond motifs is 1. The molecule has 0 N–H and O–H groups in total. The van der Waals surface area contributed by atoms with Gasteiger partial charge in [0.1, 0.15) is 11.9 Å². The molecule has 2 aromatic rings. The normalized spacial score (nSPS) is 13.4. The Bertz CT molecular complexity index is 623. The van der Waals surface area contributed by atoms with Crippen molar-refractivity contribution in [1.82, 2.24) is 9.55 Å². The third-order valence-electron chi connectivity index (χ3n) is 3.44. The highest BCUT2D eigenvalue weighted by molar-refractivity contribution is 5.81. The van der Waals surface area contributed by atoms with Crippen molar-refractivity contribution in [3.8, 4) is 0 Å². The Kier molecular flexibility index (Phi) is 3.84. The fraction of sp³-hybridized carbons (Fsp3) is 0.500. The highest BCUT2D eigenvalue weighted by atomic mass is 16.5. The van der Waals surface area contributed by atoms with Gasteiger partial charge in [-0.1, -0.05) is 39.8 Å². The number of carbonyl (C=O) groups excluding carboxylic acids is 1. The first-order valence-corrected chi connectivity index (χ1v) is 6.95. The van der Waals surface area contributed by atoms with Crippen molar-refractivity contribution in [2.45, 2.75) is 45.6 Å². The molecule has 0 radical (unpaired) electrons. The van der Waals surface area contributed by atoms with E-state index in [0.717, 1.165) is 16.9 Å². The number of para-hydroxylation sites is 2. The lowest BCUT2D eigenvalue weighted by atomic mass is 9.95. The van der Waals surface area contributed by atoms with E-state index in [1.165, 1.54) is 7.11 Å². The van der Waals surface area contributed by atoms with Crippen LogP contribution in [0.1, 0.15) is 46.0 Å². The van der Waals surface area contributed by atoms with Gasteiger partial charge in [-0.2, -0.15) is 0 Å². The number of hydrogen-bond acceptors (Lipinski definition) is 3. The van der Waals surface area contributed by atoms with Crippen LogP contribution in [0.2, 0.25) is 0 Å². The predicted molar refractivity (Wildman–Crippen MR) is 79.8 cm³/mol. The molecule has 0 spiro atoms. The van der Waals surface area contributed by atoms with Gasteiger partial charge in [-0.25, -0.2) is 9.78 Å². The molecule has 1 unspecified atom stereocenters. The van der Waals surface area contributed by atoms with Crippen LogP contribution >= 0.6 is 0 Å². The van der Waals surface area contributed by atoms with E-state index in [2.05, 4.69) is 20.8 Å². The van der Waals surface area contributed by atoms with Crippen LogP contribution in [0, 0.1) is 0 Å². The van der Waals surface area contributed by atoms with Crippen LogP contribution in [-0.4, -0.2) is 22.6 Å². The summed E-state index contributed by atoms with van der Waals surface area (Å²) in [6, 6.07) is 7.58. The zero-order valence-electron chi connectivity index (χ0n) is 12.8. The first kappa shape index (κ1) is 14.6. The van der Waals surface area contributed by atoms with Crippen LogP contribution < -0.4 is 0 Å². The largest absolute Gasteiger partial charge is 0.467 e. The lowest BCUT2D eigenvalue weighted by Crippen LogP contribution is -2.27. The van der Waals surface area contributed by atoms with Gasteiger partial charge in [-0.05, 0) is 18.6 Å². The first-order valence-electron chi connectivity index (χ1n) is 6.95. The number of benzene rings is 1. The summed E-state index contributed by atoms with van der Waals surface area (Å²) in [7, 11) is 1.43. The third-order valence-corrected chi connectivity index (χ3v) is 3.44. The van der Waals surface area contributed by atoms with Crippen LogP contribution in [0.25, 0.3) is 11.0 Å². The molecule has 0 aliphatic rings. The smallest absolute Gasteiger partial charge is 0.328 e. The lowest BCUT2D eigenvalue weighted by molar-refractivity contribution is -0.144. The highest BCUT2D eigenvalue weighted by Gasteiger charge is 2.29. The molecular formula is C16H22N2O2. The number of carbonyl (C=O) groups is 1. The molecule has 108 valence electrons. The van der Waals surface area contributed by atoms with E-state index >= 15 is 0 Å². The Morgan fingerprint density at radius 3 is 2.55 bits per heavy atom. The van der Waals surface area contributed by atoms with E-state index < -0.39 is 0 Å². The molecule has 0 aliphatic carbocycles. The summed E-state index contributed by atoms with van der Waals surface area (Å²) in [4.78, 5) is 16.8.